The van der Waals surface area contributed by atoms with Crippen molar-refractivity contribution in [1.82, 2.24) is 14.5 Å². The first-order chi connectivity index (χ1) is 6.31. The van der Waals surface area contributed by atoms with Crippen LogP contribution in [0, 0.1) is 18.3 Å². The minimum absolute atomic E-state index is 0.298. The zero-order chi connectivity index (χ0) is 9.26. The maximum absolute atomic E-state index is 8.53. The first-order valence-electron chi connectivity index (χ1n) is 3.95. The Kier molecular flexibility index (Phi) is 1.71. The van der Waals surface area contributed by atoms with Gasteiger partial charge in [0.25, 0.3) is 0 Å². The smallest absolute Gasteiger partial charge is 0.160 e. The number of aromatic nitrogens is 3. The predicted molar refractivity (Wildman–Crippen MR) is 47.9 cm³/mol. The summed E-state index contributed by atoms with van der Waals surface area (Å²) < 4.78 is 1.73. The van der Waals surface area contributed by atoms with Gasteiger partial charge in [-0.05, 0) is 18.6 Å². The van der Waals surface area contributed by atoms with Crippen LogP contribution < -0.4 is 0 Å². The zero-order valence-electron chi connectivity index (χ0n) is 7.23. The second-order valence-electron chi connectivity index (χ2n) is 2.89. The number of fused-ring (bicyclic) bond motifs is 1. The van der Waals surface area contributed by atoms with Crippen molar-refractivity contribution in [1.29, 1.82) is 5.26 Å². The zero-order valence-corrected chi connectivity index (χ0v) is 7.23. The van der Waals surface area contributed by atoms with Crippen LogP contribution in [0.15, 0.2) is 18.6 Å². The third kappa shape index (κ3) is 1.25. The standard InChI is InChI=1S/C9H8N4/c1-7-4-8-9(11-5-7)13(3-2-10)6-12-8/h4-6H,3H2,1H3. The Bertz CT molecular complexity index is 478. The minimum Gasteiger partial charge on any atom is -0.301 e. The summed E-state index contributed by atoms with van der Waals surface area (Å²) in [5, 5.41) is 8.53. The lowest BCUT2D eigenvalue weighted by molar-refractivity contribution is 0.847. The van der Waals surface area contributed by atoms with Crippen molar-refractivity contribution in [3.05, 3.63) is 24.2 Å². The number of pyridine rings is 1. The second-order valence-corrected chi connectivity index (χ2v) is 2.89. The summed E-state index contributed by atoms with van der Waals surface area (Å²) in [5.74, 6) is 0. The van der Waals surface area contributed by atoms with E-state index in [0.29, 0.717) is 6.54 Å². The SMILES string of the molecule is Cc1cnc2c(c1)ncn2CC#N. The molecule has 0 N–H and O–H groups in total. The minimum atomic E-state index is 0.298. The van der Waals surface area contributed by atoms with E-state index in [-0.39, 0.29) is 0 Å². The third-order valence-electron chi connectivity index (χ3n) is 1.83. The first kappa shape index (κ1) is 7.74. The summed E-state index contributed by atoms with van der Waals surface area (Å²) in [6, 6.07) is 4.01. The average molecular weight is 172 g/mol. The Morgan fingerprint density at radius 3 is 3.15 bits per heavy atom. The van der Waals surface area contributed by atoms with E-state index >= 15 is 0 Å². The Morgan fingerprint density at radius 2 is 2.38 bits per heavy atom. The van der Waals surface area contributed by atoms with Gasteiger partial charge in [-0.1, -0.05) is 0 Å². The van der Waals surface area contributed by atoms with Crippen LogP contribution in [0.25, 0.3) is 11.2 Å². The molecule has 0 amide bonds. The van der Waals surface area contributed by atoms with Crippen molar-refractivity contribution in [3.63, 3.8) is 0 Å². The van der Waals surface area contributed by atoms with E-state index in [4.69, 9.17) is 5.26 Å². The molecule has 0 radical (unpaired) electrons. The van der Waals surface area contributed by atoms with Crippen LogP contribution in [0.1, 0.15) is 5.56 Å². The lowest BCUT2D eigenvalue weighted by Crippen LogP contribution is -1.94. The highest BCUT2D eigenvalue weighted by molar-refractivity contribution is 5.71. The molecule has 0 aliphatic carbocycles. The van der Waals surface area contributed by atoms with Gasteiger partial charge in [0.15, 0.2) is 5.65 Å². The predicted octanol–water partition coefficient (Wildman–Crippen LogP) is 1.26. The van der Waals surface area contributed by atoms with Gasteiger partial charge in [0, 0.05) is 6.20 Å². The fraction of sp³-hybridized carbons (Fsp3) is 0.222. The van der Waals surface area contributed by atoms with Crippen LogP contribution >= 0.6 is 0 Å². The largest absolute Gasteiger partial charge is 0.301 e. The highest BCUT2D eigenvalue weighted by atomic mass is 15.1. The van der Waals surface area contributed by atoms with Crippen LogP contribution in [0.3, 0.4) is 0 Å². The van der Waals surface area contributed by atoms with Crippen LogP contribution in [-0.4, -0.2) is 14.5 Å². The van der Waals surface area contributed by atoms with Gasteiger partial charge in [-0.25, -0.2) is 9.97 Å². The Balaban J connectivity index is 2.63. The topological polar surface area (TPSA) is 54.5 Å². The highest BCUT2D eigenvalue weighted by Crippen LogP contribution is 2.10. The number of hydrogen-bond acceptors (Lipinski definition) is 3. The van der Waals surface area contributed by atoms with E-state index < -0.39 is 0 Å². The monoisotopic (exact) mass is 172 g/mol. The Hall–Kier alpha value is -1.89. The van der Waals surface area contributed by atoms with Crippen LogP contribution in [0.4, 0.5) is 0 Å². The number of aryl methyl sites for hydroxylation is 1. The van der Waals surface area contributed by atoms with Crippen molar-refractivity contribution in [2.24, 2.45) is 0 Å². The number of nitrogens with zero attached hydrogens (tertiary/aromatic N) is 4. The number of nitriles is 1. The molecule has 4 nitrogen and oxygen atoms in total. The molecule has 2 rings (SSSR count). The summed E-state index contributed by atoms with van der Waals surface area (Å²) in [6.07, 6.45) is 3.41. The number of imidazole rings is 1. The molecule has 13 heavy (non-hydrogen) atoms. The van der Waals surface area contributed by atoms with E-state index in [1.165, 1.54) is 0 Å². The van der Waals surface area contributed by atoms with E-state index in [1.807, 2.05) is 13.0 Å². The molecule has 0 aromatic carbocycles. The lowest BCUT2D eigenvalue weighted by atomic mass is 10.3. The normalized spacial score (nSPS) is 10.2. The summed E-state index contributed by atoms with van der Waals surface area (Å²) in [6.45, 7) is 2.27. The third-order valence-corrected chi connectivity index (χ3v) is 1.83. The molecule has 2 aromatic rings. The number of hydrogen-bond donors (Lipinski definition) is 0. The van der Waals surface area contributed by atoms with Gasteiger partial charge >= 0.3 is 0 Å². The lowest BCUT2D eigenvalue weighted by Gasteiger charge is -1.95. The van der Waals surface area contributed by atoms with Crippen molar-refractivity contribution in [2.75, 3.05) is 0 Å². The Labute approximate surface area is 75.5 Å². The van der Waals surface area contributed by atoms with E-state index in [0.717, 1.165) is 16.7 Å². The van der Waals surface area contributed by atoms with Crippen molar-refractivity contribution < 1.29 is 0 Å². The first-order valence-corrected chi connectivity index (χ1v) is 3.95. The maximum Gasteiger partial charge on any atom is 0.160 e. The molecule has 0 aliphatic rings. The second kappa shape index (κ2) is 2.87. The molecule has 0 aliphatic heterocycles. The fourth-order valence-corrected chi connectivity index (χ4v) is 1.24. The molecule has 0 bridgehead atoms. The van der Waals surface area contributed by atoms with Crippen molar-refractivity contribution in [3.8, 4) is 6.07 Å². The summed E-state index contributed by atoms with van der Waals surface area (Å²) in [5.41, 5.74) is 2.69. The van der Waals surface area contributed by atoms with Gasteiger partial charge in [-0.3, -0.25) is 0 Å². The van der Waals surface area contributed by atoms with Gasteiger partial charge in [0.05, 0.1) is 12.4 Å². The van der Waals surface area contributed by atoms with Gasteiger partial charge in [-0.15, -0.1) is 0 Å². The van der Waals surface area contributed by atoms with Gasteiger partial charge in [0.2, 0.25) is 0 Å². The molecule has 0 saturated heterocycles. The van der Waals surface area contributed by atoms with Crippen LogP contribution in [0.5, 0.6) is 0 Å². The van der Waals surface area contributed by atoms with Crippen LogP contribution in [0.2, 0.25) is 0 Å². The number of rotatable bonds is 1. The fourth-order valence-electron chi connectivity index (χ4n) is 1.24. The molecule has 64 valence electrons. The molecule has 2 heterocycles. The van der Waals surface area contributed by atoms with Crippen molar-refractivity contribution in [2.45, 2.75) is 13.5 Å². The van der Waals surface area contributed by atoms with E-state index in [1.54, 1.807) is 17.1 Å². The van der Waals surface area contributed by atoms with Gasteiger partial charge < -0.3 is 4.57 Å². The highest BCUT2D eigenvalue weighted by Gasteiger charge is 2.02. The molecule has 2 aromatic heterocycles. The molecular formula is C9H8N4. The van der Waals surface area contributed by atoms with E-state index in [2.05, 4.69) is 16.0 Å². The summed E-state index contributed by atoms with van der Waals surface area (Å²) >= 11 is 0. The average Bonchev–Trinajstić information content (AvgIpc) is 2.49. The van der Waals surface area contributed by atoms with Crippen molar-refractivity contribution >= 4 is 11.2 Å². The molecule has 0 spiro atoms. The molecule has 0 saturated carbocycles. The summed E-state index contributed by atoms with van der Waals surface area (Å²) in [7, 11) is 0. The van der Waals surface area contributed by atoms with E-state index in [9.17, 15) is 0 Å². The van der Waals surface area contributed by atoms with Gasteiger partial charge in [-0.2, -0.15) is 5.26 Å². The molecular weight excluding hydrogens is 164 g/mol. The van der Waals surface area contributed by atoms with Crippen LogP contribution in [-0.2, 0) is 6.54 Å². The Morgan fingerprint density at radius 1 is 1.54 bits per heavy atom. The maximum atomic E-state index is 8.53. The molecule has 0 atom stereocenters. The molecule has 0 fully saturated rings. The molecule has 4 heteroatoms. The summed E-state index contributed by atoms with van der Waals surface area (Å²) in [4.78, 5) is 8.36. The quantitative estimate of drug-likeness (QED) is 0.650. The molecule has 0 unspecified atom stereocenters. The van der Waals surface area contributed by atoms with Gasteiger partial charge in [0.1, 0.15) is 12.1 Å².